The number of rotatable bonds is 4. The van der Waals surface area contributed by atoms with Gasteiger partial charge in [-0.15, -0.1) is 0 Å². The van der Waals surface area contributed by atoms with Gasteiger partial charge in [0, 0.05) is 26.2 Å². The van der Waals surface area contributed by atoms with E-state index in [4.69, 9.17) is 4.74 Å². The highest BCUT2D eigenvalue weighted by atomic mass is 16.5. The minimum atomic E-state index is -0.480. The quantitative estimate of drug-likeness (QED) is 0.714. The van der Waals surface area contributed by atoms with E-state index < -0.39 is 6.23 Å². The Morgan fingerprint density at radius 3 is 2.53 bits per heavy atom. The van der Waals surface area contributed by atoms with E-state index >= 15 is 0 Å². The van der Waals surface area contributed by atoms with Crippen molar-refractivity contribution in [1.82, 2.24) is 9.80 Å². The molecule has 1 saturated heterocycles. The van der Waals surface area contributed by atoms with Gasteiger partial charge >= 0.3 is 0 Å². The van der Waals surface area contributed by atoms with Crippen molar-refractivity contribution in [2.75, 3.05) is 33.2 Å². The molecule has 1 aromatic rings. The van der Waals surface area contributed by atoms with Gasteiger partial charge in [0.2, 0.25) is 6.23 Å². The van der Waals surface area contributed by atoms with Crippen LogP contribution in [0, 0.1) is 6.07 Å². The van der Waals surface area contributed by atoms with Gasteiger partial charge < -0.3 is 9.64 Å². The lowest BCUT2D eigenvalue weighted by atomic mass is 10.3. The normalized spacial score (nSPS) is 19.8. The molecule has 1 aromatic carbocycles. The Morgan fingerprint density at radius 1 is 1.29 bits per heavy atom. The molecule has 0 amide bonds. The van der Waals surface area contributed by atoms with Crippen LogP contribution < -0.4 is 4.74 Å². The van der Waals surface area contributed by atoms with Crippen molar-refractivity contribution in [3.63, 3.8) is 0 Å². The standard InChI is InChI=1S/C13H17N2O2/c1-14-7-9-15(10-8-14)13(11-16)17-12-5-3-2-4-6-12/h3-6,11,13H,7-10H2,1H3. The predicted octanol–water partition coefficient (Wildman–Crippen LogP) is 0.638. The van der Waals surface area contributed by atoms with E-state index in [0.29, 0.717) is 5.75 Å². The molecule has 0 bridgehead atoms. The molecule has 4 nitrogen and oxygen atoms in total. The second-order valence-corrected chi connectivity index (χ2v) is 4.22. The Bertz CT molecular complexity index is 348. The van der Waals surface area contributed by atoms with E-state index in [-0.39, 0.29) is 0 Å². The Balaban J connectivity index is 1.95. The minimum absolute atomic E-state index is 0.480. The minimum Gasteiger partial charge on any atom is -0.468 e. The number of aldehydes is 1. The van der Waals surface area contributed by atoms with Crippen LogP contribution in [0.4, 0.5) is 0 Å². The second kappa shape index (κ2) is 5.80. The summed E-state index contributed by atoms with van der Waals surface area (Å²) in [6.45, 7) is 3.66. The first-order valence-corrected chi connectivity index (χ1v) is 5.80. The number of nitrogens with zero attached hydrogens (tertiary/aromatic N) is 2. The lowest BCUT2D eigenvalue weighted by Crippen LogP contribution is -2.51. The Kier molecular flexibility index (Phi) is 4.12. The Hall–Kier alpha value is -1.39. The Labute approximate surface area is 102 Å². The van der Waals surface area contributed by atoms with Gasteiger partial charge in [-0.2, -0.15) is 0 Å². The van der Waals surface area contributed by atoms with E-state index in [1.807, 2.05) is 12.1 Å². The first-order valence-electron chi connectivity index (χ1n) is 5.80. The molecule has 0 aromatic heterocycles. The molecule has 0 aliphatic carbocycles. The van der Waals surface area contributed by atoms with Crippen molar-refractivity contribution in [1.29, 1.82) is 0 Å². The molecular weight excluding hydrogens is 216 g/mol. The summed E-state index contributed by atoms with van der Waals surface area (Å²) in [5.74, 6) is 0.708. The van der Waals surface area contributed by atoms with Gasteiger partial charge in [-0.1, -0.05) is 12.1 Å². The zero-order valence-electron chi connectivity index (χ0n) is 10.0. The molecule has 1 aliphatic rings. The van der Waals surface area contributed by atoms with Crippen LogP contribution in [0.1, 0.15) is 0 Å². The average Bonchev–Trinajstić information content (AvgIpc) is 2.38. The SMILES string of the molecule is CN1CCN(C(C=O)Oc2cc[c]cc2)CC1. The van der Waals surface area contributed by atoms with E-state index in [0.717, 1.165) is 32.5 Å². The number of carbonyl (C=O) groups excluding carboxylic acids is 1. The summed E-state index contributed by atoms with van der Waals surface area (Å²) in [4.78, 5) is 15.4. The third-order valence-electron chi connectivity index (χ3n) is 2.96. The predicted molar refractivity (Wildman–Crippen MR) is 64.8 cm³/mol. The molecule has 91 valence electrons. The zero-order chi connectivity index (χ0) is 12.1. The van der Waals surface area contributed by atoms with Gasteiger partial charge in [-0.25, -0.2) is 0 Å². The molecule has 1 heterocycles. The van der Waals surface area contributed by atoms with E-state index in [1.54, 1.807) is 12.1 Å². The van der Waals surface area contributed by atoms with E-state index in [9.17, 15) is 4.79 Å². The summed E-state index contributed by atoms with van der Waals surface area (Å²) < 4.78 is 5.66. The number of benzene rings is 1. The topological polar surface area (TPSA) is 32.8 Å². The molecule has 1 aliphatic heterocycles. The summed E-state index contributed by atoms with van der Waals surface area (Å²) in [5, 5.41) is 0. The molecule has 1 fully saturated rings. The highest BCUT2D eigenvalue weighted by Gasteiger charge is 2.23. The zero-order valence-corrected chi connectivity index (χ0v) is 10.0. The maximum Gasteiger partial charge on any atom is 0.209 e. The van der Waals surface area contributed by atoms with Crippen LogP contribution in [0.5, 0.6) is 5.75 Å². The number of piperazine rings is 1. The first-order chi connectivity index (χ1) is 8.29. The highest BCUT2D eigenvalue weighted by Crippen LogP contribution is 2.13. The molecule has 2 rings (SSSR count). The summed E-state index contributed by atoms with van der Waals surface area (Å²) in [7, 11) is 2.08. The molecule has 0 N–H and O–H groups in total. The van der Waals surface area contributed by atoms with Crippen LogP contribution in [0.25, 0.3) is 0 Å². The van der Waals surface area contributed by atoms with Gasteiger partial charge in [0.15, 0.2) is 6.29 Å². The number of carbonyl (C=O) groups is 1. The molecule has 1 unspecified atom stereocenters. The van der Waals surface area contributed by atoms with Crippen LogP contribution in [-0.2, 0) is 4.79 Å². The van der Waals surface area contributed by atoms with Crippen molar-refractivity contribution in [3.8, 4) is 5.75 Å². The smallest absolute Gasteiger partial charge is 0.209 e. The van der Waals surface area contributed by atoms with Gasteiger partial charge in [-0.05, 0) is 25.2 Å². The van der Waals surface area contributed by atoms with E-state index in [1.165, 1.54) is 0 Å². The van der Waals surface area contributed by atoms with Gasteiger partial charge in [-0.3, -0.25) is 9.69 Å². The number of hydrogen-bond acceptors (Lipinski definition) is 4. The van der Waals surface area contributed by atoms with Crippen LogP contribution in [-0.4, -0.2) is 55.5 Å². The molecule has 0 saturated carbocycles. The maximum atomic E-state index is 11.1. The van der Waals surface area contributed by atoms with Crippen LogP contribution in [0.2, 0.25) is 0 Å². The lowest BCUT2D eigenvalue weighted by molar-refractivity contribution is -0.123. The van der Waals surface area contributed by atoms with Crippen molar-refractivity contribution in [2.24, 2.45) is 0 Å². The highest BCUT2D eigenvalue weighted by molar-refractivity contribution is 5.56. The fourth-order valence-corrected chi connectivity index (χ4v) is 1.85. The fraction of sp³-hybridized carbons (Fsp3) is 0.462. The van der Waals surface area contributed by atoms with Crippen molar-refractivity contribution >= 4 is 6.29 Å². The second-order valence-electron chi connectivity index (χ2n) is 4.22. The third-order valence-corrected chi connectivity index (χ3v) is 2.96. The molecule has 17 heavy (non-hydrogen) atoms. The van der Waals surface area contributed by atoms with E-state index in [2.05, 4.69) is 22.9 Å². The van der Waals surface area contributed by atoms with Crippen molar-refractivity contribution in [2.45, 2.75) is 6.23 Å². The lowest BCUT2D eigenvalue weighted by Gasteiger charge is -2.35. The molecular formula is C13H17N2O2. The molecule has 4 heteroatoms. The van der Waals surface area contributed by atoms with Crippen LogP contribution in [0.15, 0.2) is 24.3 Å². The molecule has 0 spiro atoms. The van der Waals surface area contributed by atoms with Crippen molar-refractivity contribution < 1.29 is 9.53 Å². The fourth-order valence-electron chi connectivity index (χ4n) is 1.85. The molecule has 1 radical (unpaired) electrons. The third kappa shape index (κ3) is 3.28. The summed E-state index contributed by atoms with van der Waals surface area (Å²) in [6, 6.07) is 10.1. The average molecular weight is 233 g/mol. The van der Waals surface area contributed by atoms with Gasteiger partial charge in [0.05, 0.1) is 0 Å². The largest absolute Gasteiger partial charge is 0.468 e. The monoisotopic (exact) mass is 233 g/mol. The van der Waals surface area contributed by atoms with Crippen molar-refractivity contribution in [3.05, 3.63) is 30.3 Å². The first kappa shape index (κ1) is 12.1. The number of likely N-dealkylation sites (N-methyl/N-ethyl adjacent to an activating group) is 1. The van der Waals surface area contributed by atoms with Crippen LogP contribution >= 0.6 is 0 Å². The summed E-state index contributed by atoms with van der Waals surface area (Å²) in [5.41, 5.74) is 0. The van der Waals surface area contributed by atoms with Gasteiger partial charge in [0.25, 0.3) is 0 Å². The summed E-state index contributed by atoms with van der Waals surface area (Å²) >= 11 is 0. The summed E-state index contributed by atoms with van der Waals surface area (Å²) in [6.07, 6.45) is 0.383. The van der Waals surface area contributed by atoms with Crippen LogP contribution in [0.3, 0.4) is 0 Å². The van der Waals surface area contributed by atoms with Gasteiger partial charge in [0.1, 0.15) is 5.75 Å². The number of hydrogen-bond donors (Lipinski definition) is 0. The Morgan fingerprint density at radius 2 is 1.94 bits per heavy atom. The number of ether oxygens (including phenoxy) is 1. The molecule has 1 atom stereocenters. The maximum absolute atomic E-state index is 11.1.